The highest BCUT2D eigenvalue weighted by Gasteiger charge is 2.32. The Morgan fingerprint density at radius 2 is 1.54 bits per heavy atom. The van der Waals surface area contributed by atoms with Crippen molar-refractivity contribution in [2.75, 3.05) is 13.1 Å². The van der Waals surface area contributed by atoms with Gasteiger partial charge in [-0.15, -0.1) is 0 Å². The van der Waals surface area contributed by atoms with Crippen molar-refractivity contribution in [3.8, 4) is 0 Å². The van der Waals surface area contributed by atoms with E-state index in [4.69, 9.17) is 0 Å². The van der Waals surface area contributed by atoms with Gasteiger partial charge >= 0.3 is 0 Å². The van der Waals surface area contributed by atoms with Crippen molar-refractivity contribution in [3.63, 3.8) is 0 Å². The molecule has 0 atom stereocenters. The summed E-state index contributed by atoms with van der Waals surface area (Å²) in [6.07, 6.45) is 11.1. The number of piperidine rings is 1. The fraction of sp³-hybridized carbons (Fsp3) is 0.773. The number of carbonyl (C=O) groups is 1. The second-order valence-electron chi connectivity index (χ2n) is 8.90. The molecule has 1 aliphatic carbocycles. The van der Waals surface area contributed by atoms with Crippen LogP contribution >= 0.6 is 0 Å². The number of hydrogen-bond donors (Lipinski definition) is 0. The summed E-state index contributed by atoms with van der Waals surface area (Å²) >= 11 is 0. The summed E-state index contributed by atoms with van der Waals surface area (Å²) in [4.78, 5) is 24.0. The summed E-state index contributed by atoms with van der Waals surface area (Å²) in [5.74, 6) is 2.93. The normalized spacial score (nSPS) is 25.8. The second kappa shape index (κ2) is 8.60. The van der Waals surface area contributed by atoms with Crippen molar-refractivity contribution in [2.45, 2.75) is 84.1 Å². The van der Waals surface area contributed by atoms with Crippen LogP contribution in [0.3, 0.4) is 0 Å². The smallest absolute Gasteiger partial charge is 0.138 e. The molecule has 1 aromatic rings. The first-order chi connectivity index (χ1) is 12.5. The van der Waals surface area contributed by atoms with E-state index in [1.165, 1.54) is 44.3 Å². The van der Waals surface area contributed by atoms with E-state index in [9.17, 15) is 4.79 Å². The summed E-state index contributed by atoms with van der Waals surface area (Å²) in [5.41, 5.74) is 1.31. The van der Waals surface area contributed by atoms with Crippen LogP contribution in [0.2, 0.25) is 0 Å². The average molecular weight is 358 g/mol. The van der Waals surface area contributed by atoms with Crippen molar-refractivity contribution < 1.29 is 4.79 Å². The molecule has 4 heteroatoms. The summed E-state index contributed by atoms with van der Waals surface area (Å²) < 4.78 is 0. The van der Waals surface area contributed by atoms with E-state index in [1.54, 1.807) is 0 Å². The first-order valence-corrected chi connectivity index (χ1v) is 10.5. The summed E-state index contributed by atoms with van der Waals surface area (Å²) in [6, 6.07) is 0.687. The van der Waals surface area contributed by atoms with E-state index >= 15 is 0 Å². The first-order valence-electron chi connectivity index (χ1n) is 10.5. The molecule has 0 radical (unpaired) electrons. The third-order valence-electron chi connectivity index (χ3n) is 6.39. The highest BCUT2D eigenvalue weighted by atomic mass is 16.1. The molecule has 144 valence electrons. The van der Waals surface area contributed by atoms with E-state index in [0.29, 0.717) is 29.6 Å². The van der Waals surface area contributed by atoms with E-state index < -0.39 is 0 Å². The summed E-state index contributed by atoms with van der Waals surface area (Å²) in [5, 5.41) is 0. The largest absolute Gasteiger partial charge is 0.300 e. The van der Waals surface area contributed by atoms with Gasteiger partial charge in [0.1, 0.15) is 11.6 Å². The number of aromatic nitrogens is 2. The van der Waals surface area contributed by atoms with Gasteiger partial charge in [0.05, 0.1) is 0 Å². The molecule has 4 nitrogen and oxygen atoms in total. The lowest BCUT2D eigenvalue weighted by Gasteiger charge is -2.40. The van der Waals surface area contributed by atoms with Gasteiger partial charge in [-0.05, 0) is 63.1 Å². The molecular formula is C22H35N3O. The van der Waals surface area contributed by atoms with Crippen LogP contribution in [-0.2, 0) is 4.79 Å². The van der Waals surface area contributed by atoms with Crippen molar-refractivity contribution in [2.24, 2.45) is 11.8 Å². The van der Waals surface area contributed by atoms with Crippen LogP contribution in [0.1, 0.15) is 89.4 Å². The fourth-order valence-electron chi connectivity index (χ4n) is 4.65. The van der Waals surface area contributed by atoms with Gasteiger partial charge in [0.25, 0.3) is 0 Å². The molecule has 3 rings (SSSR count). The maximum absolute atomic E-state index is 12.2. The average Bonchev–Trinajstić information content (AvgIpc) is 2.67. The lowest BCUT2D eigenvalue weighted by Crippen LogP contribution is -2.43. The third kappa shape index (κ3) is 4.51. The van der Waals surface area contributed by atoms with E-state index in [-0.39, 0.29) is 5.92 Å². The minimum absolute atomic E-state index is 0.191. The highest BCUT2D eigenvalue weighted by molar-refractivity contribution is 5.82. The van der Waals surface area contributed by atoms with Crippen LogP contribution in [-0.4, -0.2) is 39.8 Å². The molecule has 0 amide bonds. The van der Waals surface area contributed by atoms with Crippen molar-refractivity contribution in [1.29, 1.82) is 0 Å². The molecule has 1 aliphatic heterocycles. The Morgan fingerprint density at radius 3 is 2.04 bits per heavy atom. The molecule has 0 N–H and O–H groups in total. The number of carbonyl (C=O) groups excluding carboxylic acids is 1. The van der Waals surface area contributed by atoms with E-state index in [2.05, 4.69) is 28.7 Å². The summed E-state index contributed by atoms with van der Waals surface area (Å²) in [7, 11) is 0. The van der Waals surface area contributed by atoms with Crippen LogP contribution in [0, 0.1) is 11.8 Å². The molecule has 0 bridgehead atoms. The molecule has 2 fully saturated rings. The van der Waals surface area contributed by atoms with E-state index in [1.807, 2.05) is 26.2 Å². The SMILES string of the molecule is CC(C)C(=O)C1CCC(N2CCC(c3cnc(C(C)C)nc3)CC2)CC1. The quantitative estimate of drug-likeness (QED) is 0.775. The molecule has 26 heavy (non-hydrogen) atoms. The first kappa shape index (κ1) is 19.5. The lowest BCUT2D eigenvalue weighted by molar-refractivity contribution is -0.127. The van der Waals surface area contributed by atoms with E-state index in [0.717, 1.165) is 18.7 Å². The molecule has 1 saturated carbocycles. The Kier molecular flexibility index (Phi) is 6.44. The van der Waals surface area contributed by atoms with Gasteiger partial charge < -0.3 is 4.90 Å². The minimum Gasteiger partial charge on any atom is -0.300 e. The number of hydrogen-bond acceptors (Lipinski definition) is 4. The van der Waals surface area contributed by atoms with Gasteiger partial charge in [0, 0.05) is 36.2 Å². The second-order valence-corrected chi connectivity index (χ2v) is 8.90. The Hall–Kier alpha value is -1.29. The van der Waals surface area contributed by atoms with Gasteiger partial charge in [-0.3, -0.25) is 4.79 Å². The fourth-order valence-corrected chi connectivity index (χ4v) is 4.65. The Balaban J connectivity index is 1.48. The maximum Gasteiger partial charge on any atom is 0.138 e. The monoisotopic (exact) mass is 357 g/mol. The molecule has 2 aliphatic rings. The van der Waals surface area contributed by atoms with Crippen LogP contribution in [0.4, 0.5) is 0 Å². The highest BCUT2D eigenvalue weighted by Crippen LogP contribution is 2.34. The standard InChI is InChI=1S/C22H35N3O/c1-15(2)21(26)18-5-7-20(8-6-18)25-11-9-17(10-12-25)19-13-23-22(16(3)4)24-14-19/h13-18,20H,5-12H2,1-4H3. The Morgan fingerprint density at radius 1 is 0.962 bits per heavy atom. The molecule has 1 aromatic heterocycles. The summed E-state index contributed by atoms with van der Waals surface area (Å²) in [6.45, 7) is 10.7. The van der Waals surface area contributed by atoms with Gasteiger partial charge in [-0.1, -0.05) is 27.7 Å². The number of Topliss-reactive ketones (excluding diaryl/α,β-unsaturated/α-hetero) is 1. The van der Waals surface area contributed by atoms with Crippen LogP contribution in [0.15, 0.2) is 12.4 Å². The maximum atomic E-state index is 12.2. The van der Waals surface area contributed by atoms with Crippen molar-refractivity contribution in [1.82, 2.24) is 14.9 Å². The van der Waals surface area contributed by atoms with Crippen molar-refractivity contribution in [3.05, 3.63) is 23.8 Å². The number of ketones is 1. The predicted molar refractivity (Wildman–Crippen MR) is 105 cm³/mol. The molecule has 0 spiro atoms. The topological polar surface area (TPSA) is 46.1 Å². The van der Waals surface area contributed by atoms with Crippen LogP contribution in [0.5, 0.6) is 0 Å². The van der Waals surface area contributed by atoms with Gasteiger partial charge in [-0.25, -0.2) is 9.97 Å². The molecular weight excluding hydrogens is 322 g/mol. The van der Waals surface area contributed by atoms with Crippen molar-refractivity contribution >= 4 is 5.78 Å². The number of likely N-dealkylation sites (tertiary alicyclic amines) is 1. The molecule has 0 unspecified atom stereocenters. The Bertz CT molecular complexity index is 580. The van der Waals surface area contributed by atoms with Crippen LogP contribution in [0.25, 0.3) is 0 Å². The zero-order valence-corrected chi connectivity index (χ0v) is 16.9. The Labute approximate surface area is 158 Å². The number of rotatable bonds is 5. The molecule has 1 saturated heterocycles. The zero-order chi connectivity index (χ0) is 18.7. The third-order valence-corrected chi connectivity index (χ3v) is 6.39. The predicted octanol–water partition coefficient (Wildman–Crippen LogP) is 4.56. The molecule has 2 heterocycles. The zero-order valence-electron chi connectivity index (χ0n) is 16.9. The molecule has 0 aromatic carbocycles. The van der Waals surface area contributed by atoms with Gasteiger partial charge in [0.2, 0.25) is 0 Å². The lowest BCUT2D eigenvalue weighted by atomic mass is 9.79. The van der Waals surface area contributed by atoms with Crippen LogP contribution < -0.4 is 0 Å². The number of nitrogens with zero attached hydrogens (tertiary/aromatic N) is 3. The van der Waals surface area contributed by atoms with Gasteiger partial charge in [-0.2, -0.15) is 0 Å². The minimum atomic E-state index is 0.191. The van der Waals surface area contributed by atoms with Gasteiger partial charge in [0.15, 0.2) is 0 Å².